The molecule has 2 unspecified atom stereocenters. The van der Waals surface area contributed by atoms with Crippen molar-refractivity contribution in [2.75, 3.05) is 20.3 Å². The van der Waals surface area contributed by atoms with E-state index in [-0.39, 0.29) is 0 Å². The van der Waals surface area contributed by atoms with E-state index in [1.54, 1.807) is 0 Å². The monoisotopic (exact) mass is 195 g/mol. The highest BCUT2D eigenvalue weighted by atomic mass is 16.5. The third-order valence-electron chi connectivity index (χ3n) is 2.92. The summed E-state index contributed by atoms with van der Waals surface area (Å²) in [5.74, 6) is 3.45. The van der Waals surface area contributed by atoms with Crippen molar-refractivity contribution in [1.82, 2.24) is 5.32 Å². The highest BCUT2D eigenvalue weighted by Crippen LogP contribution is 2.20. The maximum atomic E-state index is 5.37. The van der Waals surface area contributed by atoms with Gasteiger partial charge >= 0.3 is 0 Å². The van der Waals surface area contributed by atoms with Crippen LogP contribution in [0.1, 0.15) is 32.1 Å². The Labute approximate surface area is 87.4 Å². The quantitative estimate of drug-likeness (QED) is 0.515. The lowest BCUT2D eigenvalue weighted by Gasteiger charge is -2.18. The zero-order chi connectivity index (χ0) is 10.2. The van der Waals surface area contributed by atoms with Crippen LogP contribution in [0.3, 0.4) is 0 Å². The largest absolute Gasteiger partial charge is 0.381 e. The molecule has 0 aromatic heterocycles. The smallest absolute Gasteiger partial charge is 0.0495 e. The van der Waals surface area contributed by atoms with Gasteiger partial charge in [0.2, 0.25) is 0 Å². The Hall–Kier alpha value is -0.520. The molecule has 2 heteroatoms. The van der Waals surface area contributed by atoms with E-state index in [2.05, 4.69) is 11.2 Å². The topological polar surface area (TPSA) is 21.3 Å². The summed E-state index contributed by atoms with van der Waals surface area (Å²) in [5, 5.41) is 3.36. The van der Waals surface area contributed by atoms with Crippen LogP contribution in [0.5, 0.6) is 0 Å². The number of unbranched alkanes of at least 4 members (excludes halogenated alkanes) is 1. The number of ether oxygens (including phenoxy) is 1. The summed E-state index contributed by atoms with van der Waals surface area (Å²) in [7, 11) is 2.04. The third-order valence-corrected chi connectivity index (χ3v) is 2.92. The molecule has 2 atom stereocenters. The van der Waals surface area contributed by atoms with Crippen molar-refractivity contribution in [3.63, 3.8) is 0 Å². The summed E-state index contributed by atoms with van der Waals surface area (Å²) in [4.78, 5) is 0. The summed E-state index contributed by atoms with van der Waals surface area (Å²) >= 11 is 0. The number of hydrogen-bond donors (Lipinski definition) is 1. The molecule has 0 saturated carbocycles. The zero-order valence-corrected chi connectivity index (χ0v) is 9.09. The summed E-state index contributed by atoms with van der Waals surface area (Å²) < 4.78 is 5.37. The third kappa shape index (κ3) is 4.13. The average molecular weight is 195 g/mol. The minimum atomic E-state index is 0.620. The van der Waals surface area contributed by atoms with Crippen molar-refractivity contribution in [3.8, 4) is 12.3 Å². The molecule has 0 amide bonds. The van der Waals surface area contributed by atoms with Crippen molar-refractivity contribution >= 4 is 0 Å². The predicted octanol–water partition coefficient (Wildman–Crippen LogP) is 1.80. The second-order valence-electron chi connectivity index (χ2n) is 4.05. The summed E-state index contributed by atoms with van der Waals surface area (Å²) in [6.07, 6.45) is 10.9. The Balaban J connectivity index is 2.13. The van der Waals surface area contributed by atoms with Crippen LogP contribution in [0, 0.1) is 18.3 Å². The fourth-order valence-electron chi connectivity index (χ4n) is 2.00. The first-order valence-electron chi connectivity index (χ1n) is 5.55. The van der Waals surface area contributed by atoms with E-state index in [1.807, 2.05) is 7.05 Å². The molecule has 1 aliphatic heterocycles. The van der Waals surface area contributed by atoms with E-state index >= 15 is 0 Å². The summed E-state index contributed by atoms with van der Waals surface area (Å²) in [6.45, 7) is 1.90. The second kappa shape index (κ2) is 6.86. The molecule has 14 heavy (non-hydrogen) atoms. The maximum absolute atomic E-state index is 5.37. The van der Waals surface area contributed by atoms with E-state index < -0.39 is 0 Å². The van der Waals surface area contributed by atoms with Crippen LogP contribution in [0.4, 0.5) is 0 Å². The molecule has 0 aromatic carbocycles. The van der Waals surface area contributed by atoms with Crippen LogP contribution in [-0.4, -0.2) is 26.3 Å². The lowest BCUT2D eigenvalue weighted by molar-refractivity contribution is 0.181. The van der Waals surface area contributed by atoms with E-state index in [4.69, 9.17) is 11.2 Å². The van der Waals surface area contributed by atoms with Gasteiger partial charge in [0.1, 0.15) is 0 Å². The molecule has 1 N–H and O–H groups in total. The fraction of sp³-hybridized carbons (Fsp3) is 0.833. The van der Waals surface area contributed by atoms with Crippen molar-refractivity contribution in [2.24, 2.45) is 5.92 Å². The summed E-state index contributed by atoms with van der Waals surface area (Å²) in [6, 6.07) is 0.620. The molecule has 0 bridgehead atoms. The SMILES string of the molecule is C#CCCCC(CC1CCOC1)NC. The molecule has 1 fully saturated rings. The van der Waals surface area contributed by atoms with Gasteiger partial charge in [0.05, 0.1) is 0 Å². The van der Waals surface area contributed by atoms with E-state index in [9.17, 15) is 0 Å². The lowest BCUT2D eigenvalue weighted by Crippen LogP contribution is -2.28. The first-order chi connectivity index (χ1) is 6.86. The first-order valence-corrected chi connectivity index (χ1v) is 5.55. The molecule has 1 rings (SSSR count). The normalized spacial score (nSPS) is 23.3. The molecular weight excluding hydrogens is 174 g/mol. The molecule has 2 nitrogen and oxygen atoms in total. The van der Waals surface area contributed by atoms with Crippen molar-refractivity contribution in [3.05, 3.63) is 0 Å². The van der Waals surface area contributed by atoms with Gasteiger partial charge in [-0.3, -0.25) is 0 Å². The number of hydrogen-bond acceptors (Lipinski definition) is 2. The number of rotatable bonds is 6. The van der Waals surface area contributed by atoms with Crippen LogP contribution in [0.2, 0.25) is 0 Å². The van der Waals surface area contributed by atoms with Gasteiger partial charge in [-0.1, -0.05) is 0 Å². The van der Waals surface area contributed by atoms with Gasteiger partial charge in [-0.15, -0.1) is 12.3 Å². The van der Waals surface area contributed by atoms with Crippen LogP contribution >= 0.6 is 0 Å². The van der Waals surface area contributed by atoms with Crippen molar-refractivity contribution < 1.29 is 4.74 Å². The zero-order valence-electron chi connectivity index (χ0n) is 9.09. The maximum Gasteiger partial charge on any atom is 0.0495 e. The minimum Gasteiger partial charge on any atom is -0.381 e. The van der Waals surface area contributed by atoms with E-state index in [1.165, 1.54) is 19.3 Å². The molecule has 1 heterocycles. The van der Waals surface area contributed by atoms with Crippen LogP contribution in [-0.2, 0) is 4.74 Å². The minimum absolute atomic E-state index is 0.620. The van der Waals surface area contributed by atoms with E-state index in [0.717, 1.165) is 32.0 Å². The number of nitrogens with one attached hydrogen (secondary N) is 1. The standard InChI is InChI=1S/C12H21NO/c1-3-4-5-6-12(13-2)9-11-7-8-14-10-11/h1,11-13H,4-10H2,2H3. The fourth-order valence-corrected chi connectivity index (χ4v) is 2.00. The Morgan fingerprint density at radius 3 is 3.07 bits per heavy atom. The Kier molecular flexibility index (Phi) is 5.66. The summed E-state index contributed by atoms with van der Waals surface area (Å²) in [5.41, 5.74) is 0. The second-order valence-corrected chi connectivity index (χ2v) is 4.05. The van der Waals surface area contributed by atoms with Gasteiger partial charge in [-0.25, -0.2) is 0 Å². The molecule has 0 aliphatic carbocycles. The molecule has 1 aliphatic rings. The van der Waals surface area contributed by atoms with Gasteiger partial charge in [-0.2, -0.15) is 0 Å². The number of terminal acetylenes is 1. The molecule has 80 valence electrons. The predicted molar refractivity (Wildman–Crippen MR) is 59.1 cm³/mol. The highest BCUT2D eigenvalue weighted by Gasteiger charge is 2.19. The molecular formula is C12H21NO. The van der Waals surface area contributed by atoms with Gasteiger partial charge in [0.15, 0.2) is 0 Å². The van der Waals surface area contributed by atoms with Crippen molar-refractivity contribution in [2.45, 2.75) is 38.1 Å². The van der Waals surface area contributed by atoms with Crippen molar-refractivity contribution in [1.29, 1.82) is 0 Å². The Morgan fingerprint density at radius 2 is 2.50 bits per heavy atom. The van der Waals surface area contributed by atoms with Gasteiger partial charge in [0, 0.05) is 25.7 Å². The molecule has 1 saturated heterocycles. The Morgan fingerprint density at radius 1 is 1.64 bits per heavy atom. The molecule has 0 radical (unpaired) electrons. The average Bonchev–Trinajstić information content (AvgIpc) is 2.69. The van der Waals surface area contributed by atoms with Crippen LogP contribution in [0.15, 0.2) is 0 Å². The van der Waals surface area contributed by atoms with Crippen LogP contribution < -0.4 is 5.32 Å². The van der Waals surface area contributed by atoms with Gasteiger partial charge < -0.3 is 10.1 Å². The molecule has 0 spiro atoms. The molecule has 0 aromatic rings. The lowest BCUT2D eigenvalue weighted by atomic mass is 9.96. The van der Waals surface area contributed by atoms with E-state index in [0.29, 0.717) is 6.04 Å². The first kappa shape index (κ1) is 11.6. The van der Waals surface area contributed by atoms with Gasteiger partial charge in [-0.05, 0) is 38.6 Å². The van der Waals surface area contributed by atoms with Crippen LogP contribution in [0.25, 0.3) is 0 Å². The Bertz CT molecular complexity index is 179. The highest BCUT2D eigenvalue weighted by molar-refractivity contribution is 4.84. The van der Waals surface area contributed by atoms with Gasteiger partial charge in [0.25, 0.3) is 0 Å².